The van der Waals surface area contributed by atoms with Crippen LogP contribution in [0.2, 0.25) is 0 Å². The number of carbonyl (C=O) groups is 1. The van der Waals surface area contributed by atoms with Crippen LogP contribution in [0.3, 0.4) is 0 Å². The maximum Gasteiger partial charge on any atom is 0.225 e. The molecule has 2 heterocycles. The number of hydrogen-bond acceptors (Lipinski definition) is 5. The Morgan fingerprint density at radius 1 is 1.27 bits per heavy atom. The fraction of sp³-hybridized carbons (Fsp3) is 0.188. The molecule has 0 saturated heterocycles. The Kier molecular flexibility index (Phi) is 4.31. The molecule has 0 radical (unpaired) electrons. The van der Waals surface area contributed by atoms with Gasteiger partial charge < -0.3 is 0 Å². The van der Waals surface area contributed by atoms with Crippen LogP contribution in [-0.2, 0) is 4.79 Å². The fourth-order valence-corrected chi connectivity index (χ4v) is 3.86. The van der Waals surface area contributed by atoms with E-state index >= 15 is 0 Å². The Morgan fingerprint density at radius 2 is 2.09 bits per heavy atom. The summed E-state index contributed by atoms with van der Waals surface area (Å²) in [5.74, 6) is 0.0125. The number of fused-ring (bicyclic) bond motifs is 1. The van der Waals surface area contributed by atoms with Crippen molar-refractivity contribution in [1.29, 1.82) is 0 Å². The summed E-state index contributed by atoms with van der Waals surface area (Å²) in [6.07, 6.45) is 3.90. The van der Waals surface area contributed by atoms with Gasteiger partial charge in [0.1, 0.15) is 5.01 Å². The molecule has 0 saturated carbocycles. The first kappa shape index (κ1) is 14.9. The molecule has 22 heavy (non-hydrogen) atoms. The van der Waals surface area contributed by atoms with Gasteiger partial charge in [0.2, 0.25) is 5.91 Å². The molecule has 1 aromatic carbocycles. The highest BCUT2D eigenvalue weighted by Crippen LogP contribution is 2.25. The van der Waals surface area contributed by atoms with E-state index in [0.717, 1.165) is 21.3 Å². The summed E-state index contributed by atoms with van der Waals surface area (Å²) in [5, 5.41) is 3.64. The molecule has 0 aliphatic heterocycles. The molecular weight excluding hydrogens is 314 g/mol. The van der Waals surface area contributed by atoms with Gasteiger partial charge in [-0.05, 0) is 31.2 Å². The highest BCUT2D eigenvalue weighted by Gasteiger charge is 2.12. The summed E-state index contributed by atoms with van der Waals surface area (Å²) in [7, 11) is 0. The molecule has 0 spiro atoms. The largest absolute Gasteiger partial charge is 0.289 e. The summed E-state index contributed by atoms with van der Waals surface area (Å²) >= 11 is 3.13. The average Bonchev–Trinajstić information content (AvgIpc) is 3.11. The third kappa shape index (κ3) is 3.08. The van der Waals surface area contributed by atoms with Crippen LogP contribution < -0.4 is 4.90 Å². The second kappa shape index (κ2) is 6.37. The first-order valence-electron chi connectivity index (χ1n) is 6.94. The Balaban J connectivity index is 1.80. The van der Waals surface area contributed by atoms with Crippen molar-refractivity contribution >= 4 is 56.1 Å². The first-order valence-corrected chi connectivity index (χ1v) is 8.64. The van der Waals surface area contributed by atoms with E-state index in [1.54, 1.807) is 23.2 Å². The van der Waals surface area contributed by atoms with Gasteiger partial charge in [0, 0.05) is 18.8 Å². The van der Waals surface area contributed by atoms with Crippen molar-refractivity contribution in [3.8, 4) is 0 Å². The van der Waals surface area contributed by atoms with Crippen molar-refractivity contribution in [2.45, 2.75) is 13.8 Å². The lowest BCUT2D eigenvalue weighted by Crippen LogP contribution is -2.27. The van der Waals surface area contributed by atoms with Crippen LogP contribution in [-0.4, -0.2) is 22.4 Å². The predicted octanol–water partition coefficient (Wildman–Crippen LogP) is 4.30. The Morgan fingerprint density at radius 3 is 2.82 bits per heavy atom. The van der Waals surface area contributed by atoms with Crippen LogP contribution in [0.1, 0.15) is 24.5 Å². The molecule has 0 N–H and O–H groups in total. The molecule has 4 nitrogen and oxygen atoms in total. The van der Waals surface area contributed by atoms with Gasteiger partial charge in [-0.15, -0.1) is 22.7 Å². The molecule has 0 unspecified atom stereocenters. The van der Waals surface area contributed by atoms with Crippen molar-refractivity contribution in [1.82, 2.24) is 9.97 Å². The van der Waals surface area contributed by atoms with E-state index in [1.807, 2.05) is 42.7 Å². The lowest BCUT2D eigenvalue weighted by molar-refractivity contribution is -0.116. The third-order valence-electron chi connectivity index (χ3n) is 3.14. The van der Waals surface area contributed by atoms with E-state index in [1.165, 1.54) is 16.0 Å². The summed E-state index contributed by atoms with van der Waals surface area (Å²) in [6.45, 7) is 4.13. The quantitative estimate of drug-likeness (QED) is 0.717. The minimum Gasteiger partial charge on any atom is -0.289 e. The van der Waals surface area contributed by atoms with Gasteiger partial charge in [-0.3, -0.25) is 9.69 Å². The van der Waals surface area contributed by atoms with Crippen LogP contribution in [0.15, 0.2) is 29.6 Å². The molecule has 0 fully saturated rings. The number of benzene rings is 1. The number of amides is 1. The van der Waals surface area contributed by atoms with Crippen molar-refractivity contribution in [2.75, 3.05) is 11.4 Å². The molecule has 112 valence electrons. The highest BCUT2D eigenvalue weighted by atomic mass is 32.1. The van der Waals surface area contributed by atoms with Crippen molar-refractivity contribution in [3.05, 3.63) is 40.3 Å². The molecule has 3 aromatic rings. The Hall–Kier alpha value is -2.05. The summed E-state index contributed by atoms with van der Waals surface area (Å²) in [5.41, 5.74) is 1.86. The molecule has 0 aliphatic carbocycles. The van der Waals surface area contributed by atoms with Crippen LogP contribution in [0.4, 0.5) is 5.13 Å². The predicted molar refractivity (Wildman–Crippen MR) is 94.4 cm³/mol. The summed E-state index contributed by atoms with van der Waals surface area (Å²) < 4.78 is 1.18. The number of para-hydroxylation sites is 1. The van der Waals surface area contributed by atoms with Crippen molar-refractivity contribution in [3.63, 3.8) is 0 Å². The molecule has 3 rings (SSSR count). The van der Waals surface area contributed by atoms with E-state index in [4.69, 9.17) is 0 Å². The first-order chi connectivity index (χ1) is 10.7. The SMILES string of the molecule is CCN(C(C)=O)c1nc(/C=C/c2nc3ccccc3s2)cs1. The standard InChI is InChI=1S/C16H15N3OS2/c1-3-19(11(2)20)16-17-12(10-21-16)8-9-15-18-13-6-4-5-7-14(13)22-15/h4-10H,3H2,1-2H3/b9-8+. The average molecular weight is 329 g/mol. The third-order valence-corrected chi connectivity index (χ3v) is 5.03. The monoisotopic (exact) mass is 329 g/mol. The number of nitrogens with zero attached hydrogens (tertiary/aromatic N) is 3. The van der Waals surface area contributed by atoms with Crippen molar-refractivity contribution < 1.29 is 4.79 Å². The van der Waals surface area contributed by atoms with Crippen LogP contribution in [0.5, 0.6) is 0 Å². The minimum atomic E-state index is 0.0125. The summed E-state index contributed by atoms with van der Waals surface area (Å²) in [4.78, 5) is 22.2. The van der Waals surface area contributed by atoms with Gasteiger partial charge in [0.25, 0.3) is 0 Å². The smallest absolute Gasteiger partial charge is 0.225 e. The van der Waals surface area contributed by atoms with Gasteiger partial charge in [0.15, 0.2) is 5.13 Å². The molecule has 2 aromatic heterocycles. The number of aromatic nitrogens is 2. The van der Waals surface area contributed by atoms with Crippen LogP contribution in [0, 0.1) is 0 Å². The Bertz CT molecular complexity index is 802. The second-order valence-corrected chi connectivity index (χ2v) is 6.57. The van der Waals surface area contributed by atoms with E-state index in [9.17, 15) is 4.79 Å². The number of rotatable bonds is 4. The van der Waals surface area contributed by atoms with Gasteiger partial charge in [-0.1, -0.05) is 12.1 Å². The van der Waals surface area contributed by atoms with Gasteiger partial charge >= 0.3 is 0 Å². The van der Waals surface area contributed by atoms with E-state index in [0.29, 0.717) is 6.54 Å². The lowest BCUT2D eigenvalue weighted by atomic mass is 10.3. The van der Waals surface area contributed by atoms with E-state index in [2.05, 4.69) is 16.0 Å². The number of hydrogen-bond donors (Lipinski definition) is 0. The zero-order chi connectivity index (χ0) is 15.5. The van der Waals surface area contributed by atoms with E-state index in [-0.39, 0.29) is 5.91 Å². The minimum absolute atomic E-state index is 0.0125. The molecule has 0 aliphatic rings. The number of thiazole rings is 2. The molecule has 0 bridgehead atoms. The topological polar surface area (TPSA) is 46.1 Å². The molecule has 0 atom stereocenters. The Labute approximate surface area is 136 Å². The number of anilines is 1. The maximum absolute atomic E-state index is 11.5. The zero-order valence-electron chi connectivity index (χ0n) is 12.3. The molecular formula is C16H15N3OS2. The van der Waals surface area contributed by atoms with Gasteiger partial charge in [-0.25, -0.2) is 9.97 Å². The summed E-state index contributed by atoms with van der Waals surface area (Å²) in [6, 6.07) is 8.08. The molecule has 1 amide bonds. The van der Waals surface area contributed by atoms with Crippen LogP contribution >= 0.6 is 22.7 Å². The van der Waals surface area contributed by atoms with Crippen molar-refractivity contribution in [2.24, 2.45) is 0 Å². The highest BCUT2D eigenvalue weighted by molar-refractivity contribution is 7.19. The van der Waals surface area contributed by atoms with Crippen LogP contribution in [0.25, 0.3) is 22.4 Å². The normalized spacial score (nSPS) is 11.4. The second-order valence-electron chi connectivity index (χ2n) is 4.67. The van der Waals surface area contributed by atoms with Gasteiger partial charge in [-0.2, -0.15) is 0 Å². The number of carbonyl (C=O) groups excluding carboxylic acids is 1. The lowest BCUT2D eigenvalue weighted by Gasteiger charge is -2.14. The maximum atomic E-state index is 11.5. The molecule has 6 heteroatoms. The fourth-order valence-electron chi connectivity index (χ4n) is 2.09. The van der Waals surface area contributed by atoms with E-state index < -0.39 is 0 Å². The zero-order valence-corrected chi connectivity index (χ0v) is 13.9. The van der Waals surface area contributed by atoms with Gasteiger partial charge in [0.05, 0.1) is 15.9 Å².